The van der Waals surface area contributed by atoms with Gasteiger partial charge in [0.25, 0.3) is 0 Å². The van der Waals surface area contributed by atoms with Gasteiger partial charge in [-0.15, -0.1) is 0 Å². The van der Waals surface area contributed by atoms with E-state index in [1.165, 1.54) is 12.0 Å². The largest absolute Gasteiger partial charge is 0.490 e. The van der Waals surface area contributed by atoms with Crippen molar-refractivity contribution in [1.82, 2.24) is 15.1 Å². The molecule has 26 heavy (non-hydrogen) atoms. The number of likely N-dealkylation sites (tertiary alicyclic amines) is 1. The average Bonchev–Trinajstić information content (AvgIpc) is 3.34. The number of aromatic amines is 1. The topological polar surface area (TPSA) is 67.2 Å². The third kappa shape index (κ3) is 3.73. The van der Waals surface area contributed by atoms with E-state index in [1.54, 1.807) is 6.20 Å². The van der Waals surface area contributed by atoms with Gasteiger partial charge < -0.3 is 10.5 Å². The number of ether oxygens (including phenoxy) is 1. The quantitative estimate of drug-likeness (QED) is 0.667. The number of aromatic nitrogens is 2. The van der Waals surface area contributed by atoms with Crippen LogP contribution in [0.15, 0.2) is 60.9 Å². The van der Waals surface area contributed by atoms with Crippen molar-refractivity contribution in [2.24, 2.45) is 0 Å². The summed E-state index contributed by atoms with van der Waals surface area (Å²) in [4.78, 5) is 2.51. The zero-order valence-corrected chi connectivity index (χ0v) is 14.8. The Morgan fingerprint density at radius 3 is 2.85 bits per heavy atom. The van der Waals surface area contributed by atoms with Gasteiger partial charge in [0.2, 0.25) is 0 Å². The lowest BCUT2D eigenvalue weighted by Crippen LogP contribution is -2.33. The van der Waals surface area contributed by atoms with E-state index >= 15 is 0 Å². The molecular weight excluding hydrogens is 324 g/mol. The van der Waals surface area contributed by atoms with Gasteiger partial charge in [0.15, 0.2) is 0 Å². The van der Waals surface area contributed by atoms with Crippen molar-refractivity contribution in [2.75, 3.05) is 18.9 Å². The summed E-state index contributed by atoms with van der Waals surface area (Å²) in [6, 6.07) is 16.9. The summed E-state index contributed by atoms with van der Waals surface area (Å²) in [6.45, 7) is 2.75. The van der Waals surface area contributed by atoms with E-state index in [-0.39, 0.29) is 0 Å². The lowest BCUT2D eigenvalue weighted by Gasteiger charge is -2.25. The van der Waals surface area contributed by atoms with Gasteiger partial charge in [-0.05, 0) is 42.6 Å². The zero-order valence-electron chi connectivity index (χ0n) is 14.8. The molecule has 1 aromatic heterocycles. The van der Waals surface area contributed by atoms with Crippen molar-refractivity contribution < 1.29 is 4.74 Å². The van der Waals surface area contributed by atoms with E-state index < -0.39 is 0 Å². The van der Waals surface area contributed by atoms with Crippen LogP contribution in [-0.4, -0.2) is 34.3 Å². The number of H-pyrrole nitrogens is 1. The Balaban J connectivity index is 1.42. The minimum atomic E-state index is 0.423. The molecule has 0 spiro atoms. The SMILES string of the molecule is Nc1ccc(-c2cn[nH]c2)cc1OC[C@@H]1CCCN1Cc1ccccc1. The van der Waals surface area contributed by atoms with Crippen LogP contribution in [0.25, 0.3) is 11.1 Å². The first-order chi connectivity index (χ1) is 12.8. The van der Waals surface area contributed by atoms with Crippen LogP contribution in [0.3, 0.4) is 0 Å². The van der Waals surface area contributed by atoms with Crippen molar-refractivity contribution in [2.45, 2.75) is 25.4 Å². The second kappa shape index (κ2) is 7.62. The predicted octanol–water partition coefficient (Wildman–Crippen LogP) is 3.70. The van der Waals surface area contributed by atoms with Crippen LogP contribution in [0, 0.1) is 0 Å². The Labute approximate surface area is 153 Å². The summed E-state index contributed by atoms with van der Waals surface area (Å²) in [5, 5.41) is 6.85. The summed E-state index contributed by atoms with van der Waals surface area (Å²) in [7, 11) is 0. The molecule has 1 aliphatic rings. The van der Waals surface area contributed by atoms with E-state index in [2.05, 4.69) is 45.4 Å². The van der Waals surface area contributed by atoms with E-state index in [0.29, 0.717) is 18.3 Å². The molecule has 1 fully saturated rings. The second-order valence-electron chi connectivity index (χ2n) is 6.80. The van der Waals surface area contributed by atoms with Crippen molar-refractivity contribution in [1.29, 1.82) is 0 Å². The third-order valence-electron chi connectivity index (χ3n) is 5.00. The molecule has 0 radical (unpaired) electrons. The van der Waals surface area contributed by atoms with Crippen LogP contribution < -0.4 is 10.5 Å². The van der Waals surface area contributed by atoms with Gasteiger partial charge in [0.1, 0.15) is 12.4 Å². The van der Waals surface area contributed by atoms with Crippen LogP contribution in [0.5, 0.6) is 5.75 Å². The number of benzene rings is 2. The monoisotopic (exact) mass is 348 g/mol. The van der Waals surface area contributed by atoms with Gasteiger partial charge in [0, 0.05) is 24.3 Å². The predicted molar refractivity (Wildman–Crippen MR) is 104 cm³/mol. The Hall–Kier alpha value is -2.79. The number of nitrogens with one attached hydrogen (secondary N) is 1. The zero-order chi connectivity index (χ0) is 17.8. The first-order valence-corrected chi connectivity index (χ1v) is 9.09. The first kappa shape index (κ1) is 16.7. The molecule has 1 atom stereocenters. The molecule has 3 aromatic rings. The van der Waals surface area contributed by atoms with Crippen molar-refractivity contribution in [3.8, 4) is 16.9 Å². The highest BCUT2D eigenvalue weighted by Crippen LogP contribution is 2.29. The van der Waals surface area contributed by atoms with Crippen molar-refractivity contribution >= 4 is 5.69 Å². The van der Waals surface area contributed by atoms with Crippen molar-refractivity contribution in [3.05, 3.63) is 66.5 Å². The van der Waals surface area contributed by atoms with E-state index in [1.807, 2.05) is 24.4 Å². The van der Waals surface area contributed by atoms with Gasteiger partial charge in [0.05, 0.1) is 11.9 Å². The van der Waals surface area contributed by atoms with Gasteiger partial charge in [-0.1, -0.05) is 36.4 Å². The molecule has 5 nitrogen and oxygen atoms in total. The Morgan fingerprint density at radius 2 is 2.04 bits per heavy atom. The fraction of sp³-hybridized carbons (Fsp3) is 0.286. The Kier molecular flexibility index (Phi) is 4.88. The molecule has 1 saturated heterocycles. The molecule has 0 aliphatic carbocycles. The first-order valence-electron chi connectivity index (χ1n) is 9.09. The van der Waals surface area contributed by atoms with E-state index in [9.17, 15) is 0 Å². The van der Waals surface area contributed by atoms with E-state index in [0.717, 1.165) is 36.4 Å². The maximum atomic E-state index is 6.13. The number of hydrogen-bond donors (Lipinski definition) is 2. The summed E-state index contributed by atoms with van der Waals surface area (Å²) < 4.78 is 6.13. The fourth-order valence-corrected chi connectivity index (χ4v) is 3.54. The normalized spacial score (nSPS) is 17.5. The molecule has 2 heterocycles. The standard InChI is InChI=1S/C21H24N4O/c22-20-9-8-17(18-12-23-24-13-18)11-21(20)26-15-19-7-4-10-25(19)14-16-5-2-1-3-6-16/h1-3,5-6,8-9,11-13,19H,4,7,10,14-15,22H2,(H,23,24)/t19-/m0/s1. The van der Waals surface area contributed by atoms with Crippen LogP contribution >= 0.6 is 0 Å². The Morgan fingerprint density at radius 1 is 1.15 bits per heavy atom. The van der Waals surface area contributed by atoms with Gasteiger partial charge >= 0.3 is 0 Å². The number of hydrogen-bond acceptors (Lipinski definition) is 4. The minimum Gasteiger partial charge on any atom is -0.490 e. The Bertz CT molecular complexity index is 832. The smallest absolute Gasteiger partial charge is 0.142 e. The summed E-state index contributed by atoms with van der Waals surface area (Å²) in [5.41, 5.74) is 10.2. The van der Waals surface area contributed by atoms with Gasteiger partial charge in [-0.25, -0.2) is 0 Å². The van der Waals surface area contributed by atoms with Gasteiger partial charge in [-0.2, -0.15) is 5.10 Å². The summed E-state index contributed by atoms with van der Waals surface area (Å²) in [6.07, 6.45) is 6.04. The highest BCUT2D eigenvalue weighted by Gasteiger charge is 2.25. The summed E-state index contributed by atoms with van der Waals surface area (Å²) >= 11 is 0. The molecule has 0 saturated carbocycles. The molecule has 0 unspecified atom stereocenters. The van der Waals surface area contributed by atoms with Gasteiger partial charge in [-0.3, -0.25) is 10.00 Å². The highest BCUT2D eigenvalue weighted by molar-refractivity contribution is 5.68. The molecule has 4 rings (SSSR count). The molecule has 5 heteroatoms. The second-order valence-corrected chi connectivity index (χ2v) is 6.80. The lowest BCUT2D eigenvalue weighted by molar-refractivity contribution is 0.167. The number of nitrogen functional groups attached to an aromatic ring is 1. The molecule has 3 N–H and O–H groups in total. The number of nitrogens with two attached hydrogens (primary N) is 1. The molecule has 2 aromatic carbocycles. The van der Waals surface area contributed by atoms with Crippen molar-refractivity contribution in [3.63, 3.8) is 0 Å². The average molecular weight is 348 g/mol. The lowest BCUT2D eigenvalue weighted by atomic mass is 10.1. The number of rotatable bonds is 6. The molecule has 0 amide bonds. The number of nitrogens with zero attached hydrogens (tertiary/aromatic N) is 2. The maximum absolute atomic E-state index is 6.13. The minimum absolute atomic E-state index is 0.423. The molecule has 0 bridgehead atoms. The molecule has 134 valence electrons. The number of anilines is 1. The molecular formula is C21H24N4O. The highest BCUT2D eigenvalue weighted by atomic mass is 16.5. The third-order valence-corrected chi connectivity index (χ3v) is 5.00. The van der Waals surface area contributed by atoms with E-state index in [4.69, 9.17) is 10.5 Å². The van der Waals surface area contributed by atoms with Crippen LogP contribution in [0.2, 0.25) is 0 Å². The maximum Gasteiger partial charge on any atom is 0.142 e. The van der Waals surface area contributed by atoms with Crippen LogP contribution in [0.4, 0.5) is 5.69 Å². The van der Waals surface area contributed by atoms with Crippen LogP contribution in [-0.2, 0) is 6.54 Å². The fourth-order valence-electron chi connectivity index (χ4n) is 3.54. The molecule has 1 aliphatic heterocycles. The summed E-state index contributed by atoms with van der Waals surface area (Å²) in [5.74, 6) is 0.746. The van der Waals surface area contributed by atoms with Crippen LogP contribution in [0.1, 0.15) is 18.4 Å².